The first-order valence-electron chi connectivity index (χ1n) is 6.39. The number of likely N-dealkylation sites (N-methyl/N-ethyl adjacent to an activating group) is 1. The van der Waals surface area contributed by atoms with E-state index >= 15 is 0 Å². The molecule has 0 saturated carbocycles. The summed E-state index contributed by atoms with van der Waals surface area (Å²) < 4.78 is 0. The second-order valence-corrected chi connectivity index (χ2v) is 6.14. The van der Waals surface area contributed by atoms with Crippen LogP contribution in [0.1, 0.15) is 25.1 Å². The monoisotopic (exact) mass is 307 g/mol. The maximum absolute atomic E-state index is 6.05. The molecule has 1 atom stereocenters. The van der Waals surface area contributed by atoms with Crippen molar-refractivity contribution >= 4 is 39.7 Å². The number of hydrogen-bond acceptors (Lipinski definition) is 4. The molecule has 1 unspecified atom stereocenters. The van der Waals surface area contributed by atoms with Crippen LogP contribution in [0, 0.1) is 0 Å². The Morgan fingerprint density at radius 2 is 2.17 bits per heavy atom. The molecule has 18 heavy (non-hydrogen) atoms. The van der Waals surface area contributed by atoms with Crippen LogP contribution in [0.25, 0.3) is 0 Å². The summed E-state index contributed by atoms with van der Waals surface area (Å²) in [5.74, 6) is 0.448. The van der Waals surface area contributed by atoms with Gasteiger partial charge in [-0.25, -0.2) is 4.98 Å². The molecular formula is C12H19Cl2N3S. The highest BCUT2D eigenvalue weighted by Crippen LogP contribution is 2.33. The molecule has 2 rings (SSSR count). The normalized spacial score (nSPS) is 20.1. The van der Waals surface area contributed by atoms with Crippen molar-refractivity contribution in [3.63, 3.8) is 0 Å². The van der Waals surface area contributed by atoms with Crippen molar-refractivity contribution in [1.82, 2.24) is 9.88 Å². The Morgan fingerprint density at radius 1 is 1.44 bits per heavy atom. The molecule has 0 radical (unpaired) electrons. The Morgan fingerprint density at radius 3 is 2.72 bits per heavy atom. The topological polar surface area (TPSA) is 19.4 Å². The molecule has 0 aromatic carbocycles. The van der Waals surface area contributed by atoms with Gasteiger partial charge in [-0.1, -0.05) is 36.8 Å². The summed E-state index contributed by atoms with van der Waals surface area (Å²) in [5.41, 5.74) is 0. The van der Waals surface area contributed by atoms with Crippen LogP contribution in [-0.2, 0) is 5.88 Å². The number of nitrogens with zero attached hydrogens (tertiary/aromatic N) is 3. The number of thiazole rings is 1. The lowest BCUT2D eigenvalue weighted by molar-refractivity contribution is 0.232. The average Bonchev–Trinajstić information content (AvgIpc) is 2.97. The van der Waals surface area contributed by atoms with Gasteiger partial charge in [0.15, 0.2) is 5.13 Å². The van der Waals surface area contributed by atoms with E-state index in [0.29, 0.717) is 17.1 Å². The van der Waals surface area contributed by atoms with Crippen molar-refractivity contribution in [3.8, 4) is 0 Å². The molecule has 102 valence electrons. The maximum Gasteiger partial charge on any atom is 0.187 e. The highest BCUT2D eigenvalue weighted by molar-refractivity contribution is 7.16. The second kappa shape index (κ2) is 6.42. The Hall–Kier alpha value is -0.0300. The highest BCUT2D eigenvalue weighted by Gasteiger charge is 2.28. The Bertz CT molecular complexity index is 393. The molecule has 1 saturated heterocycles. The standard InChI is InChI=1S/C12H19Cl2N3S/c1-3-16(4-2)9-5-6-17(8-9)12-15-11(14)10(7-13)18-12/h9H,3-8H2,1-2H3. The summed E-state index contributed by atoms with van der Waals surface area (Å²) in [6, 6.07) is 0.641. The largest absolute Gasteiger partial charge is 0.346 e. The van der Waals surface area contributed by atoms with E-state index in [1.807, 2.05) is 0 Å². The van der Waals surface area contributed by atoms with E-state index in [1.54, 1.807) is 11.3 Å². The summed E-state index contributed by atoms with van der Waals surface area (Å²) >= 11 is 13.5. The summed E-state index contributed by atoms with van der Waals surface area (Å²) in [5, 5.41) is 1.58. The molecule has 3 nitrogen and oxygen atoms in total. The number of rotatable bonds is 5. The average molecular weight is 308 g/mol. The highest BCUT2D eigenvalue weighted by atomic mass is 35.5. The van der Waals surface area contributed by atoms with Crippen LogP contribution < -0.4 is 4.90 Å². The lowest BCUT2D eigenvalue weighted by Gasteiger charge is -2.25. The molecule has 6 heteroatoms. The maximum atomic E-state index is 6.05. The van der Waals surface area contributed by atoms with Crippen LogP contribution in [0.3, 0.4) is 0 Å². The predicted molar refractivity (Wildman–Crippen MR) is 80.2 cm³/mol. The lowest BCUT2D eigenvalue weighted by atomic mass is 10.2. The van der Waals surface area contributed by atoms with Gasteiger partial charge >= 0.3 is 0 Å². The third-order valence-electron chi connectivity index (χ3n) is 3.52. The van der Waals surface area contributed by atoms with Gasteiger partial charge in [0.25, 0.3) is 0 Å². The molecule has 0 aliphatic carbocycles. The van der Waals surface area contributed by atoms with Crippen LogP contribution in [0.5, 0.6) is 0 Å². The number of halogens is 2. The summed E-state index contributed by atoms with van der Waals surface area (Å²) in [4.78, 5) is 10.2. The van der Waals surface area contributed by atoms with Crippen LogP contribution in [0.2, 0.25) is 5.15 Å². The quantitative estimate of drug-likeness (QED) is 0.777. The lowest BCUT2D eigenvalue weighted by Crippen LogP contribution is -2.37. The minimum absolute atomic E-state index is 0.448. The third kappa shape index (κ3) is 2.93. The SMILES string of the molecule is CCN(CC)C1CCN(c2nc(Cl)c(CCl)s2)C1. The Labute approximate surface area is 123 Å². The summed E-state index contributed by atoms with van der Waals surface area (Å²) in [7, 11) is 0. The minimum Gasteiger partial charge on any atom is -0.346 e. The van der Waals surface area contributed by atoms with Crippen molar-refractivity contribution in [2.75, 3.05) is 31.1 Å². The van der Waals surface area contributed by atoms with Crippen molar-refractivity contribution in [1.29, 1.82) is 0 Å². The van der Waals surface area contributed by atoms with Crippen molar-refractivity contribution in [2.45, 2.75) is 32.2 Å². The van der Waals surface area contributed by atoms with Gasteiger partial charge in [-0.05, 0) is 19.5 Å². The van der Waals surface area contributed by atoms with Gasteiger partial charge in [-0.15, -0.1) is 11.6 Å². The first-order valence-corrected chi connectivity index (χ1v) is 8.12. The smallest absolute Gasteiger partial charge is 0.187 e. The zero-order chi connectivity index (χ0) is 13.1. The molecule has 0 bridgehead atoms. The van der Waals surface area contributed by atoms with Gasteiger partial charge in [-0.2, -0.15) is 0 Å². The van der Waals surface area contributed by atoms with Crippen LogP contribution in [0.15, 0.2) is 0 Å². The number of aromatic nitrogens is 1. The molecule has 1 aliphatic heterocycles. The zero-order valence-electron chi connectivity index (χ0n) is 10.8. The van der Waals surface area contributed by atoms with E-state index in [1.165, 1.54) is 6.42 Å². The molecular weight excluding hydrogens is 289 g/mol. The molecule has 0 N–H and O–H groups in total. The fourth-order valence-electron chi connectivity index (χ4n) is 2.49. The van der Waals surface area contributed by atoms with E-state index in [0.717, 1.165) is 36.2 Å². The Kier molecular flexibility index (Phi) is 5.13. The van der Waals surface area contributed by atoms with E-state index in [2.05, 4.69) is 28.6 Å². The van der Waals surface area contributed by atoms with Gasteiger partial charge in [-0.3, -0.25) is 4.90 Å². The summed E-state index contributed by atoms with van der Waals surface area (Å²) in [6.07, 6.45) is 1.20. The fraction of sp³-hybridized carbons (Fsp3) is 0.750. The first kappa shape index (κ1) is 14.4. The van der Waals surface area contributed by atoms with Crippen molar-refractivity contribution < 1.29 is 0 Å². The molecule has 1 fully saturated rings. The van der Waals surface area contributed by atoms with Crippen molar-refractivity contribution in [3.05, 3.63) is 10.0 Å². The van der Waals surface area contributed by atoms with E-state index in [-0.39, 0.29) is 0 Å². The number of alkyl halides is 1. The number of hydrogen-bond donors (Lipinski definition) is 0. The second-order valence-electron chi connectivity index (χ2n) is 4.45. The predicted octanol–water partition coefficient (Wildman–Crippen LogP) is 3.46. The summed E-state index contributed by atoms with van der Waals surface area (Å²) in [6.45, 7) is 8.77. The van der Waals surface area contributed by atoms with Gasteiger partial charge in [0, 0.05) is 19.1 Å². The van der Waals surface area contributed by atoms with Gasteiger partial charge in [0.05, 0.1) is 10.8 Å². The third-order valence-corrected chi connectivity index (χ3v) is 5.49. The first-order chi connectivity index (χ1) is 8.69. The molecule has 1 aliphatic rings. The minimum atomic E-state index is 0.448. The fourth-order valence-corrected chi connectivity index (χ4v) is 4.00. The van der Waals surface area contributed by atoms with Crippen LogP contribution >= 0.6 is 34.5 Å². The van der Waals surface area contributed by atoms with Crippen LogP contribution in [-0.4, -0.2) is 42.1 Å². The molecule has 0 amide bonds. The van der Waals surface area contributed by atoms with E-state index < -0.39 is 0 Å². The molecule has 1 aromatic rings. The molecule has 1 aromatic heterocycles. The number of anilines is 1. The molecule has 0 spiro atoms. The zero-order valence-corrected chi connectivity index (χ0v) is 13.2. The van der Waals surface area contributed by atoms with Gasteiger partial charge < -0.3 is 4.90 Å². The van der Waals surface area contributed by atoms with Crippen molar-refractivity contribution in [2.24, 2.45) is 0 Å². The Balaban J connectivity index is 2.03. The van der Waals surface area contributed by atoms with Gasteiger partial charge in [0.2, 0.25) is 0 Å². The van der Waals surface area contributed by atoms with E-state index in [9.17, 15) is 0 Å². The van der Waals surface area contributed by atoms with E-state index in [4.69, 9.17) is 23.2 Å². The molecule has 2 heterocycles. The van der Waals surface area contributed by atoms with Gasteiger partial charge in [0.1, 0.15) is 5.15 Å². The van der Waals surface area contributed by atoms with Crippen LogP contribution in [0.4, 0.5) is 5.13 Å².